The Kier molecular flexibility index (Phi) is 6.69. The van der Waals surface area contributed by atoms with Gasteiger partial charge in [0.25, 0.3) is 5.91 Å². The number of hydrazine groups is 1. The van der Waals surface area contributed by atoms with Crippen LogP contribution in [0.15, 0.2) is 41.8 Å². The first-order chi connectivity index (χ1) is 14.9. The minimum Gasteiger partial charge on any atom is -0.287 e. The summed E-state index contributed by atoms with van der Waals surface area (Å²) < 4.78 is 79.9. The molecule has 1 aliphatic rings. The SMILES string of the molecule is O=C(/C=C\n1cnc(-c2cc(C(F)(F)F)c(Cl)c(C(F)(F)F)c2)n1)NNC1C=NC=CC1. The second-order valence-corrected chi connectivity index (χ2v) is 6.78. The highest BCUT2D eigenvalue weighted by Crippen LogP contribution is 2.44. The summed E-state index contributed by atoms with van der Waals surface area (Å²) in [5.74, 6) is -1.01. The first kappa shape index (κ1) is 23.5. The monoisotopic (exact) mass is 478 g/mol. The summed E-state index contributed by atoms with van der Waals surface area (Å²) >= 11 is 5.35. The summed E-state index contributed by atoms with van der Waals surface area (Å²) in [6.45, 7) is 0. The predicted octanol–water partition coefficient (Wildman–Crippen LogP) is 4.08. The van der Waals surface area contributed by atoms with Crippen LogP contribution in [0.1, 0.15) is 17.5 Å². The summed E-state index contributed by atoms with van der Waals surface area (Å²) in [5.41, 5.74) is 1.23. The normalized spacial score (nSPS) is 16.7. The number of amides is 1. The number of carbonyl (C=O) groups is 1. The lowest BCUT2D eigenvalue weighted by Gasteiger charge is -2.16. The van der Waals surface area contributed by atoms with Crippen LogP contribution in [-0.4, -0.2) is 32.9 Å². The van der Waals surface area contributed by atoms with E-state index in [1.165, 1.54) is 0 Å². The maximum atomic E-state index is 13.2. The van der Waals surface area contributed by atoms with Gasteiger partial charge in [0.1, 0.15) is 6.33 Å². The maximum absolute atomic E-state index is 13.2. The Bertz CT molecular complexity index is 1050. The molecular formula is C18H13ClF6N6O. The van der Waals surface area contributed by atoms with E-state index in [2.05, 4.69) is 25.9 Å². The molecule has 32 heavy (non-hydrogen) atoms. The second kappa shape index (κ2) is 9.12. The van der Waals surface area contributed by atoms with Crippen LogP contribution in [-0.2, 0) is 17.1 Å². The number of hydrogen-bond donors (Lipinski definition) is 2. The molecule has 0 radical (unpaired) electrons. The molecule has 0 bridgehead atoms. The van der Waals surface area contributed by atoms with E-state index in [-0.39, 0.29) is 6.04 Å². The largest absolute Gasteiger partial charge is 0.417 e. The molecule has 3 rings (SSSR count). The van der Waals surface area contributed by atoms with Crippen LogP contribution in [0.2, 0.25) is 5.02 Å². The number of carbonyl (C=O) groups excluding carboxylic acids is 1. The van der Waals surface area contributed by atoms with E-state index in [0.29, 0.717) is 18.6 Å². The summed E-state index contributed by atoms with van der Waals surface area (Å²) in [4.78, 5) is 19.4. The van der Waals surface area contributed by atoms with Crippen molar-refractivity contribution in [3.05, 3.63) is 53.0 Å². The Morgan fingerprint density at radius 1 is 1.16 bits per heavy atom. The molecule has 170 valence electrons. The zero-order valence-corrected chi connectivity index (χ0v) is 16.5. The molecule has 2 aromatic rings. The van der Waals surface area contributed by atoms with E-state index in [1.54, 1.807) is 18.5 Å². The molecule has 0 aliphatic carbocycles. The average Bonchev–Trinajstić information content (AvgIpc) is 3.19. The van der Waals surface area contributed by atoms with Crippen molar-refractivity contribution in [1.82, 2.24) is 25.6 Å². The molecule has 7 nitrogen and oxygen atoms in total. The fourth-order valence-electron chi connectivity index (χ4n) is 2.57. The summed E-state index contributed by atoms with van der Waals surface area (Å²) in [7, 11) is 0. The average molecular weight is 479 g/mol. The van der Waals surface area contributed by atoms with Gasteiger partial charge >= 0.3 is 12.4 Å². The van der Waals surface area contributed by atoms with Crippen LogP contribution < -0.4 is 10.9 Å². The van der Waals surface area contributed by atoms with Crippen LogP contribution in [0.3, 0.4) is 0 Å². The first-order valence-electron chi connectivity index (χ1n) is 8.76. The number of nitrogens with zero attached hydrogens (tertiary/aromatic N) is 4. The molecule has 0 fully saturated rings. The summed E-state index contributed by atoms with van der Waals surface area (Å²) in [5, 5.41) is 2.33. The van der Waals surface area contributed by atoms with Gasteiger partial charge in [-0.15, -0.1) is 5.10 Å². The van der Waals surface area contributed by atoms with E-state index >= 15 is 0 Å². The van der Waals surface area contributed by atoms with Gasteiger partial charge in [-0.05, 0) is 18.6 Å². The van der Waals surface area contributed by atoms with Gasteiger partial charge in [-0.1, -0.05) is 17.7 Å². The minimum absolute atomic E-state index is 0.203. The van der Waals surface area contributed by atoms with Crippen molar-refractivity contribution in [2.24, 2.45) is 4.99 Å². The highest BCUT2D eigenvalue weighted by molar-refractivity contribution is 6.32. The molecule has 0 saturated carbocycles. The Balaban J connectivity index is 1.78. The lowest BCUT2D eigenvalue weighted by Crippen LogP contribution is -2.44. The van der Waals surface area contributed by atoms with Gasteiger partial charge in [-0.2, -0.15) is 26.3 Å². The molecule has 2 N–H and O–H groups in total. The standard InChI is InChI=1S/C18H13ClF6N6O/c19-15-12(17(20,21)22)6-10(7-13(15)18(23,24)25)16-27-9-31(30-16)5-3-14(32)29-28-11-2-1-4-26-8-11/h1,3-9,11,28H,2H2,(H,29,32)/b5-3-. The van der Waals surface area contributed by atoms with Crippen LogP contribution in [0.25, 0.3) is 17.6 Å². The lowest BCUT2D eigenvalue weighted by molar-refractivity contribution is -0.142. The van der Waals surface area contributed by atoms with Gasteiger partial charge in [0.2, 0.25) is 0 Å². The molecule has 14 heteroatoms. The van der Waals surface area contributed by atoms with Crippen molar-refractivity contribution >= 4 is 29.9 Å². The quantitative estimate of drug-likeness (QED) is 0.385. The third-order valence-corrected chi connectivity index (χ3v) is 4.46. The molecular weight excluding hydrogens is 466 g/mol. The number of halogens is 7. The van der Waals surface area contributed by atoms with E-state index < -0.39 is 45.8 Å². The van der Waals surface area contributed by atoms with Crippen LogP contribution >= 0.6 is 11.6 Å². The van der Waals surface area contributed by atoms with Crippen molar-refractivity contribution in [2.45, 2.75) is 24.8 Å². The van der Waals surface area contributed by atoms with E-state index in [1.807, 2.05) is 0 Å². The first-order valence-corrected chi connectivity index (χ1v) is 9.14. The van der Waals surface area contributed by atoms with Crippen LogP contribution in [0.5, 0.6) is 0 Å². The predicted molar refractivity (Wildman–Crippen MR) is 103 cm³/mol. The Morgan fingerprint density at radius 3 is 2.38 bits per heavy atom. The number of aliphatic imine (C=N–C) groups is 1. The number of nitrogens with one attached hydrogen (secondary N) is 2. The van der Waals surface area contributed by atoms with Crippen molar-refractivity contribution in [3.63, 3.8) is 0 Å². The van der Waals surface area contributed by atoms with Crippen LogP contribution in [0, 0.1) is 0 Å². The van der Waals surface area contributed by atoms with Gasteiger partial charge in [0.05, 0.1) is 22.2 Å². The smallest absolute Gasteiger partial charge is 0.287 e. The molecule has 0 spiro atoms. The molecule has 1 aromatic heterocycles. The van der Waals surface area contributed by atoms with Gasteiger partial charge < -0.3 is 0 Å². The zero-order chi connectivity index (χ0) is 23.5. The molecule has 1 unspecified atom stereocenters. The molecule has 0 saturated heterocycles. The maximum Gasteiger partial charge on any atom is 0.417 e. The lowest BCUT2D eigenvalue weighted by atomic mass is 10.0. The number of aromatic nitrogens is 3. The zero-order valence-electron chi connectivity index (χ0n) is 15.7. The van der Waals surface area contributed by atoms with Gasteiger partial charge in [0.15, 0.2) is 5.82 Å². The Morgan fingerprint density at radius 2 is 1.81 bits per heavy atom. The Hall–Kier alpha value is -3.19. The van der Waals surface area contributed by atoms with Crippen LogP contribution in [0.4, 0.5) is 26.3 Å². The second-order valence-electron chi connectivity index (χ2n) is 6.40. The van der Waals surface area contributed by atoms with E-state index in [9.17, 15) is 31.1 Å². The number of hydrogen-bond acceptors (Lipinski definition) is 5. The van der Waals surface area contributed by atoms with E-state index in [4.69, 9.17) is 11.6 Å². The van der Waals surface area contributed by atoms with Gasteiger partial charge in [-0.3, -0.25) is 15.2 Å². The van der Waals surface area contributed by atoms with Crippen molar-refractivity contribution < 1.29 is 31.1 Å². The topological polar surface area (TPSA) is 84.2 Å². The fraction of sp³-hybridized carbons (Fsp3) is 0.222. The third kappa shape index (κ3) is 5.73. The third-order valence-electron chi connectivity index (χ3n) is 4.06. The van der Waals surface area contributed by atoms with E-state index in [0.717, 1.165) is 23.3 Å². The molecule has 1 atom stereocenters. The fourth-order valence-corrected chi connectivity index (χ4v) is 2.90. The Labute approximate surface area is 181 Å². The number of benzene rings is 1. The van der Waals surface area contributed by atoms with Crippen molar-refractivity contribution in [2.75, 3.05) is 0 Å². The minimum atomic E-state index is -5.13. The molecule has 1 amide bonds. The molecule has 2 heterocycles. The molecule has 1 aromatic carbocycles. The van der Waals surface area contributed by atoms with Gasteiger partial charge in [-0.25, -0.2) is 15.1 Å². The molecule has 1 aliphatic heterocycles. The highest BCUT2D eigenvalue weighted by Gasteiger charge is 2.41. The van der Waals surface area contributed by atoms with Crippen molar-refractivity contribution in [1.29, 1.82) is 0 Å². The highest BCUT2D eigenvalue weighted by atomic mass is 35.5. The number of rotatable bonds is 5. The van der Waals surface area contributed by atoms with Crippen molar-refractivity contribution in [3.8, 4) is 11.4 Å². The summed E-state index contributed by atoms with van der Waals surface area (Å²) in [6, 6.07) is 0.654. The van der Waals surface area contributed by atoms with Gasteiger partial charge in [0, 0.05) is 30.3 Å². The summed E-state index contributed by atoms with van der Waals surface area (Å²) in [6.07, 6.45) is -1.48. The number of alkyl halides is 6.